The highest BCUT2D eigenvalue weighted by Gasteiger charge is 2.26. The summed E-state index contributed by atoms with van der Waals surface area (Å²) in [5, 5.41) is 4.82. The molecule has 1 aromatic heterocycles. The van der Waals surface area contributed by atoms with Crippen LogP contribution in [-0.2, 0) is 5.54 Å². The van der Waals surface area contributed by atoms with E-state index in [4.69, 9.17) is 33.5 Å². The van der Waals surface area contributed by atoms with Crippen LogP contribution in [-0.4, -0.2) is 10.1 Å². The first-order valence-electron chi connectivity index (χ1n) is 5.53. The summed E-state index contributed by atoms with van der Waals surface area (Å²) in [6, 6.07) is 5.19. The van der Waals surface area contributed by atoms with Gasteiger partial charge in [0, 0.05) is 0 Å². The third-order valence-electron chi connectivity index (χ3n) is 2.85. The summed E-state index contributed by atoms with van der Waals surface area (Å²) in [6.45, 7) is 3.80. The molecule has 0 aliphatic carbocycles. The first-order chi connectivity index (χ1) is 8.45. The second kappa shape index (κ2) is 4.88. The highest BCUT2D eigenvalue weighted by atomic mass is 35.5. The summed E-state index contributed by atoms with van der Waals surface area (Å²) in [4.78, 5) is 4.27. The van der Waals surface area contributed by atoms with Crippen molar-refractivity contribution in [1.29, 1.82) is 0 Å². The summed E-state index contributed by atoms with van der Waals surface area (Å²) in [5.74, 6) is 0.724. The fourth-order valence-electron chi connectivity index (χ4n) is 1.42. The van der Waals surface area contributed by atoms with Gasteiger partial charge in [-0.1, -0.05) is 41.3 Å². The van der Waals surface area contributed by atoms with Gasteiger partial charge in [-0.3, -0.25) is 0 Å². The monoisotopic (exact) mass is 285 g/mol. The molecule has 0 fully saturated rings. The fraction of sp³-hybridized carbons (Fsp3) is 0.333. The standard InChI is InChI=1S/C12H13Cl2N3O/c1-3-12(2,15)11-16-10(18-17-11)9-7(13)5-4-6-8(9)14/h4-6H,3,15H2,1-2H3. The van der Waals surface area contributed by atoms with Crippen molar-refractivity contribution >= 4 is 23.2 Å². The number of nitrogens with zero attached hydrogens (tertiary/aromatic N) is 2. The zero-order valence-electron chi connectivity index (χ0n) is 10.1. The summed E-state index contributed by atoms with van der Waals surface area (Å²) in [7, 11) is 0. The van der Waals surface area contributed by atoms with Gasteiger partial charge in [-0.15, -0.1) is 0 Å². The lowest BCUT2D eigenvalue weighted by Crippen LogP contribution is -2.33. The van der Waals surface area contributed by atoms with E-state index >= 15 is 0 Å². The molecule has 1 unspecified atom stereocenters. The minimum atomic E-state index is -0.629. The SMILES string of the molecule is CCC(C)(N)c1noc(-c2c(Cl)cccc2Cl)n1. The van der Waals surface area contributed by atoms with Crippen molar-refractivity contribution in [3.05, 3.63) is 34.1 Å². The molecule has 0 saturated carbocycles. The number of halogens is 2. The Morgan fingerprint density at radius 1 is 1.33 bits per heavy atom. The average molecular weight is 286 g/mol. The molecule has 2 N–H and O–H groups in total. The molecule has 0 aliphatic heterocycles. The fourth-order valence-corrected chi connectivity index (χ4v) is 1.98. The summed E-state index contributed by atoms with van der Waals surface area (Å²) >= 11 is 12.2. The van der Waals surface area contributed by atoms with E-state index in [1.165, 1.54) is 0 Å². The number of rotatable bonds is 3. The van der Waals surface area contributed by atoms with Crippen molar-refractivity contribution in [2.75, 3.05) is 0 Å². The molecule has 0 saturated heterocycles. The molecule has 0 spiro atoms. The quantitative estimate of drug-likeness (QED) is 0.935. The number of hydrogen-bond donors (Lipinski definition) is 1. The third kappa shape index (κ3) is 2.36. The normalized spacial score (nSPS) is 14.5. The van der Waals surface area contributed by atoms with Crippen molar-refractivity contribution in [2.24, 2.45) is 5.73 Å². The van der Waals surface area contributed by atoms with E-state index in [0.29, 0.717) is 27.9 Å². The van der Waals surface area contributed by atoms with Crippen molar-refractivity contribution in [3.63, 3.8) is 0 Å². The van der Waals surface area contributed by atoms with Gasteiger partial charge in [0.1, 0.15) is 0 Å². The van der Waals surface area contributed by atoms with E-state index in [1.807, 2.05) is 13.8 Å². The Morgan fingerprint density at radius 2 is 1.94 bits per heavy atom. The number of hydrogen-bond acceptors (Lipinski definition) is 4. The Balaban J connectivity index is 2.48. The van der Waals surface area contributed by atoms with Gasteiger partial charge in [0.15, 0.2) is 5.82 Å². The van der Waals surface area contributed by atoms with E-state index in [-0.39, 0.29) is 5.89 Å². The van der Waals surface area contributed by atoms with Crippen LogP contribution in [0.1, 0.15) is 26.1 Å². The van der Waals surface area contributed by atoms with E-state index in [2.05, 4.69) is 10.1 Å². The number of benzene rings is 1. The second-order valence-electron chi connectivity index (χ2n) is 4.29. The molecular formula is C12H13Cl2N3O. The second-order valence-corrected chi connectivity index (χ2v) is 5.11. The van der Waals surface area contributed by atoms with E-state index < -0.39 is 5.54 Å². The van der Waals surface area contributed by atoms with Gasteiger partial charge in [0.25, 0.3) is 5.89 Å². The molecule has 1 aromatic carbocycles. The van der Waals surface area contributed by atoms with Crippen LogP contribution in [0.25, 0.3) is 11.5 Å². The van der Waals surface area contributed by atoms with Crippen LogP contribution < -0.4 is 5.73 Å². The molecule has 2 aromatic rings. The lowest BCUT2D eigenvalue weighted by atomic mass is 10.00. The Hall–Kier alpha value is -1.10. The molecule has 18 heavy (non-hydrogen) atoms. The maximum absolute atomic E-state index is 6.08. The maximum atomic E-state index is 6.08. The average Bonchev–Trinajstić information content (AvgIpc) is 2.79. The summed E-state index contributed by atoms with van der Waals surface area (Å²) < 4.78 is 5.19. The van der Waals surface area contributed by atoms with Crippen LogP contribution in [0.15, 0.2) is 22.7 Å². The number of aromatic nitrogens is 2. The Kier molecular flexibility index (Phi) is 3.61. The zero-order valence-corrected chi connectivity index (χ0v) is 11.6. The van der Waals surface area contributed by atoms with Crippen LogP contribution in [0.5, 0.6) is 0 Å². The zero-order chi connectivity index (χ0) is 13.3. The lowest BCUT2D eigenvalue weighted by molar-refractivity contribution is 0.379. The Labute approximate surface area is 115 Å². The van der Waals surface area contributed by atoms with Gasteiger partial charge < -0.3 is 10.3 Å². The minimum Gasteiger partial charge on any atom is -0.334 e. The third-order valence-corrected chi connectivity index (χ3v) is 3.48. The highest BCUT2D eigenvalue weighted by Crippen LogP contribution is 2.34. The largest absolute Gasteiger partial charge is 0.334 e. The highest BCUT2D eigenvalue weighted by molar-refractivity contribution is 6.38. The molecule has 96 valence electrons. The molecule has 0 aliphatic rings. The van der Waals surface area contributed by atoms with Crippen molar-refractivity contribution < 1.29 is 4.52 Å². The van der Waals surface area contributed by atoms with Crippen molar-refractivity contribution in [1.82, 2.24) is 10.1 Å². The van der Waals surface area contributed by atoms with Crippen molar-refractivity contribution in [3.8, 4) is 11.5 Å². The molecule has 0 amide bonds. The molecule has 4 nitrogen and oxygen atoms in total. The van der Waals surface area contributed by atoms with Gasteiger partial charge in [-0.2, -0.15) is 4.98 Å². The molecule has 6 heteroatoms. The molecule has 0 radical (unpaired) electrons. The van der Waals surface area contributed by atoms with Crippen LogP contribution in [0.3, 0.4) is 0 Å². The van der Waals surface area contributed by atoms with E-state index in [9.17, 15) is 0 Å². The molecular weight excluding hydrogens is 273 g/mol. The van der Waals surface area contributed by atoms with Crippen LogP contribution in [0.2, 0.25) is 10.0 Å². The molecule has 1 heterocycles. The predicted molar refractivity (Wildman–Crippen MR) is 71.6 cm³/mol. The van der Waals surface area contributed by atoms with Crippen molar-refractivity contribution in [2.45, 2.75) is 25.8 Å². The van der Waals surface area contributed by atoms with Crippen LogP contribution in [0, 0.1) is 0 Å². The smallest absolute Gasteiger partial charge is 0.261 e. The molecule has 1 atom stereocenters. The lowest BCUT2D eigenvalue weighted by Gasteiger charge is -2.16. The first kappa shape index (κ1) is 13.3. The van der Waals surface area contributed by atoms with Gasteiger partial charge in [-0.05, 0) is 25.5 Å². The van der Waals surface area contributed by atoms with Gasteiger partial charge in [-0.25, -0.2) is 0 Å². The minimum absolute atomic E-state index is 0.283. The topological polar surface area (TPSA) is 64.9 Å². The number of nitrogens with two attached hydrogens (primary N) is 1. The van der Waals surface area contributed by atoms with Crippen LogP contribution in [0.4, 0.5) is 0 Å². The predicted octanol–water partition coefficient (Wildman–Crippen LogP) is 3.63. The van der Waals surface area contributed by atoms with Gasteiger partial charge in [0.05, 0.1) is 21.1 Å². The Bertz CT molecular complexity index is 546. The molecule has 0 bridgehead atoms. The van der Waals surface area contributed by atoms with E-state index in [1.54, 1.807) is 18.2 Å². The van der Waals surface area contributed by atoms with Gasteiger partial charge >= 0.3 is 0 Å². The Morgan fingerprint density at radius 3 is 2.50 bits per heavy atom. The summed E-state index contributed by atoms with van der Waals surface area (Å²) in [5.41, 5.74) is 5.96. The summed E-state index contributed by atoms with van der Waals surface area (Å²) in [6.07, 6.45) is 0.697. The first-order valence-corrected chi connectivity index (χ1v) is 6.28. The maximum Gasteiger partial charge on any atom is 0.261 e. The van der Waals surface area contributed by atoms with E-state index in [0.717, 1.165) is 0 Å². The molecule has 2 rings (SSSR count). The van der Waals surface area contributed by atoms with Crippen LogP contribution >= 0.6 is 23.2 Å². The van der Waals surface area contributed by atoms with Gasteiger partial charge in [0.2, 0.25) is 0 Å².